The lowest BCUT2D eigenvalue weighted by Gasteiger charge is -2.21. The number of imidazole rings is 1. The largest absolute Gasteiger partial charge is 0.454 e. The van der Waals surface area contributed by atoms with E-state index in [1.54, 1.807) is 12.1 Å². The summed E-state index contributed by atoms with van der Waals surface area (Å²) < 4.78 is 26.3. The van der Waals surface area contributed by atoms with Crippen LogP contribution in [-0.4, -0.2) is 22.3 Å². The third-order valence-electron chi connectivity index (χ3n) is 6.56. The minimum atomic E-state index is -0.438. The first-order valence-corrected chi connectivity index (χ1v) is 11.8. The number of halogens is 1. The Morgan fingerprint density at radius 3 is 2.51 bits per heavy atom. The number of fused-ring (bicyclic) bond motifs is 2. The minimum absolute atomic E-state index is 0.0805. The van der Waals surface area contributed by atoms with Crippen molar-refractivity contribution in [2.75, 3.05) is 6.79 Å². The molecule has 0 fully saturated rings. The summed E-state index contributed by atoms with van der Waals surface area (Å²) in [5.41, 5.74) is 5.94. The Hall–Kier alpha value is -3.87. The second kappa shape index (κ2) is 9.41. The van der Waals surface area contributed by atoms with E-state index < -0.39 is 6.04 Å². The van der Waals surface area contributed by atoms with Gasteiger partial charge in [-0.2, -0.15) is 0 Å². The van der Waals surface area contributed by atoms with Gasteiger partial charge in [-0.05, 0) is 78.9 Å². The van der Waals surface area contributed by atoms with Crippen LogP contribution in [0.15, 0.2) is 54.6 Å². The fourth-order valence-corrected chi connectivity index (χ4v) is 4.50. The van der Waals surface area contributed by atoms with Crippen LogP contribution in [0.3, 0.4) is 0 Å². The van der Waals surface area contributed by atoms with Gasteiger partial charge in [-0.15, -0.1) is 0 Å². The summed E-state index contributed by atoms with van der Waals surface area (Å²) >= 11 is 0. The summed E-state index contributed by atoms with van der Waals surface area (Å²) in [7, 11) is 0. The van der Waals surface area contributed by atoms with E-state index in [-0.39, 0.29) is 18.5 Å². The molecule has 35 heavy (non-hydrogen) atoms. The molecule has 1 aliphatic heterocycles. The lowest BCUT2D eigenvalue weighted by Crippen LogP contribution is -2.32. The number of nitrogens with one attached hydrogen (secondary N) is 1. The van der Waals surface area contributed by atoms with E-state index in [0.717, 1.165) is 39.1 Å². The Kier molecular flexibility index (Phi) is 6.16. The number of carbonyl (C=O) groups is 1. The molecule has 0 unspecified atom stereocenters. The number of hydrogen-bond donors (Lipinski definition) is 1. The summed E-state index contributed by atoms with van der Waals surface area (Å²) in [5.74, 6) is 1.83. The average molecular weight is 474 g/mol. The third-order valence-corrected chi connectivity index (χ3v) is 6.56. The van der Waals surface area contributed by atoms with Gasteiger partial charge in [0, 0.05) is 13.0 Å². The highest BCUT2D eigenvalue weighted by atomic mass is 19.1. The summed E-state index contributed by atoms with van der Waals surface area (Å²) in [6.07, 6.45) is 1.10. The second-order valence-electron chi connectivity index (χ2n) is 8.96. The molecule has 0 saturated carbocycles. The van der Waals surface area contributed by atoms with Crippen molar-refractivity contribution < 1.29 is 18.7 Å². The van der Waals surface area contributed by atoms with Crippen molar-refractivity contribution >= 4 is 16.9 Å². The van der Waals surface area contributed by atoms with Crippen molar-refractivity contribution in [1.82, 2.24) is 14.9 Å². The lowest BCUT2D eigenvalue weighted by molar-refractivity contribution is -0.124. The number of hydrogen-bond acceptors (Lipinski definition) is 4. The highest BCUT2D eigenvalue weighted by molar-refractivity contribution is 5.85. The number of aromatic nitrogens is 2. The quantitative estimate of drug-likeness (QED) is 0.391. The van der Waals surface area contributed by atoms with Crippen molar-refractivity contribution in [3.05, 3.63) is 88.5 Å². The van der Waals surface area contributed by atoms with Gasteiger partial charge < -0.3 is 19.4 Å². The Bertz CT molecular complexity index is 1400. The molecule has 180 valence electrons. The summed E-state index contributed by atoms with van der Waals surface area (Å²) in [5, 5.41) is 3.09. The smallest absolute Gasteiger partial charge is 0.243 e. The summed E-state index contributed by atoms with van der Waals surface area (Å²) in [6, 6.07) is 15.8. The second-order valence-corrected chi connectivity index (χ2v) is 8.96. The molecule has 0 saturated heterocycles. The van der Waals surface area contributed by atoms with Crippen molar-refractivity contribution in [3.63, 3.8) is 0 Å². The maximum Gasteiger partial charge on any atom is 0.243 e. The zero-order valence-corrected chi connectivity index (χ0v) is 20.1. The molecule has 4 aromatic rings. The number of nitrogens with zero attached hydrogens (tertiary/aromatic N) is 2. The molecule has 1 atom stereocenters. The summed E-state index contributed by atoms with van der Waals surface area (Å²) in [4.78, 5) is 18.4. The molecule has 0 radical (unpaired) electrons. The molecule has 1 N–H and O–H groups in total. The predicted octanol–water partition coefficient (Wildman–Crippen LogP) is 5.38. The van der Waals surface area contributed by atoms with E-state index in [9.17, 15) is 9.18 Å². The van der Waals surface area contributed by atoms with E-state index in [0.29, 0.717) is 30.9 Å². The molecule has 0 aliphatic carbocycles. The van der Waals surface area contributed by atoms with E-state index in [2.05, 4.69) is 31.3 Å². The van der Waals surface area contributed by atoms with Gasteiger partial charge in [0.1, 0.15) is 17.7 Å². The van der Waals surface area contributed by atoms with E-state index in [4.69, 9.17) is 14.5 Å². The topological polar surface area (TPSA) is 65.4 Å². The van der Waals surface area contributed by atoms with E-state index >= 15 is 0 Å². The standard InChI is InChI=1S/C28H28FN3O3/c1-4-23(28(33)30-15-20-7-10-25-26(13-20)35-16-34-25)32-24-12-18(3)17(2)11-22(24)31-27(32)14-19-5-8-21(29)9-6-19/h5-13,23H,4,14-16H2,1-3H3,(H,30,33)/t23-/m0/s1. The molecule has 6 nitrogen and oxygen atoms in total. The molecule has 1 amide bonds. The fraction of sp³-hybridized carbons (Fsp3) is 0.286. The Labute approximate surface area is 203 Å². The molecule has 0 spiro atoms. The monoisotopic (exact) mass is 473 g/mol. The number of rotatable bonds is 7. The van der Waals surface area contributed by atoms with Gasteiger partial charge in [0.05, 0.1) is 11.0 Å². The Morgan fingerprint density at radius 1 is 1.03 bits per heavy atom. The number of amides is 1. The van der Waals surface area contributed by atoms with Gasteiger partial charge in [0.15, 0.2) is 11.5 Å². The van der Waals surface area contributed by atoms with Crippen LogP contribution in [-0.2, 0) is 17.8 Å². The minimum Gasteiger partial charge on any atom is -0.454 e. The zero-order valence-electron chi connectivity index (χ0n) is 20.1. The van der Waals surface area contributed by atoms with Crippen LogP contribution in [0.2, 0.25) is 0 Å². The van der Waals surface area contributed by atoms with Crippen LogP contribution >= 0.6 is 0 Å². The van der Waals surface area contributed by atoms with Gasteiger partial charge in [-0.25, -0.2) is 9.37 Å². The first-order valence-electron chi connectivity index (χ1n) is 11.8. The van der Waals surface area contributed by atoms with Crippen molar-refractivity contribution in [3.8, 4) is 11.5 Å². The number of benzene rings is 3. The van der Waals surface area contributed by atoms with Crippen LogP contribution in [0.25, 0.3) is 11.0 Å². The van der Waals surface area contributed by atoms with Crippen LogP contribution in [0, 0.1) is 19.7 Å². The van der Waals surface area contributed by atoms with Gasteiger partial charge in [0.25, 0.3) is 0 Å². The number of ether oxygens (including phenoxy) is 2. The fourth-order valence-electron chi connectivity index (χ4n) is 4.50. The van der Waals surface area contributed by atoms with Crippen LogP contribution in [0.1, 0.15) is 47.5 Å². The molecule has 1 aromatic heterocycles. The summed E-state index contributed by atoms with van der Waals surface area (Å²) in [6.45, 7) is 6.71. The molecule has 5 rings (SSSR count). The number of carbonyl (C=O) groups excluding carboxylic acids is 1. The molecular weight excluding hydrogens is 445 g/mol. The molecule has 3 aromatic carbocycles. The Morgan fingerprint density at radius 2 is 1.74 bits per heavy atom. The highest BCUT2D eigenvalue weighted by Gasteiger charge is 2.25. The molecule has 1 aliphatic rings. The molecule has 2 heterocycles. The first-order chi connectivity index (χ1) is 16.9. The third kappa shape index (κ3) is 4.58. The van der Waals surface area contributed by atoms with Crippen LogP contribution in [0.5, 0.6) is 11.5 Å². The van der Waals surface area contributed by atoms with Crippen LogP contribution < -0.4 is 14.8 Å². The van der Waals surface area contributed by atoms with Gasteiger partial charge in [0.2, 0.25) is 12.7 Å². The zero-order chi connectivity index (χ0) is 24.5. The molecule has 0 bridgehead atoms. The van der Waals surface area contributed by atoms with Crippen LogP contribution in [0.4, 0.5) is 4.39 Å². The molecule has 7 heteroatoms. The number of aryl methyl sites for hydroxylation is 2. The van der Waals surface area contributed by atoms with E-state index in [1.165, 1.54) is 12.1 Å². The van der Waals surface area contributed by atoms with E-state index in [1.807, 2.05) is 29.7 Å². The lowest BCUT2D eigenvalue weighted by atomic mass is 10.1. The Balaban J connectivity index is 1.46. The predicted molar refractivity (Wildman–Crippen MR) is 132 cm³/mol. The van der Waals surface area contributed by atoms with Gasteiger partial charge in [-0.3, -0.25) is 4.79 Å². The highest BCUT2D eigenvalue weighted by Crippen LogP contribution is 2.33. The average Bonchev–Trinajstić information content (AvgIpc) is 3.44. The maximum absolute atomic E-state index is 13.5. The normalized spacial score (nSPS) is 13.3. The van der Waals surface area contributed by atoms with Crippen molar-refractivity contribution in [2.24, 2.45) is 0 Å². The van der Waals surface area contributed by atoms with Crippen molar-refractivity contribution in [2.45, 2.75) is 46.2 Å². The van der Waals surface area contributed by atoms with Gasteiger partial charge >= 0.3 is 0 Å². The molecular formula is C28H28FN3O3. The van der Waals surface area contributed by atoms with Gasteiger partial charge in [-0.1, -0.05) is 25.1 Å². The first kappa shape index (κ1) is 22.9. The van der Waals surface area contributed by atoms with Crippen molar-refractivity contribution in [1.29, 1.82) is 0 Å². The SMILES string of the molecule is CC[C@@H](C(=O)NCc1ccc2c(c1)OCO2)n1c(Cc2ccc(F)cc2)nc2cc(C)c(C)cc21. The maximum atomic E-state index is 13.5.